The highest BCUT2D eigenvalue weighted by atomic mass is 35.5. The van der Waals surface area contributed by atoms with Gasteiger partial charge in [0.2, 0.25) is 0 Å². The van der Waals surface area contributed by atoms with Crippen molar-refractivity contribution in [3.8, 4) is 11.8 Å². The van der Waals surface area contributed by atoms with Crippen LogP contribution < -0.4 is 10.1 Å². The molecule has 1 amide bonds. The van der Waals surface area contributed by atoms with Crippen LogP contribution >= 0.6 is 23.2 Å². The van der Waals surface area contributed by atoms with Crippen LogP contribution in [0.15, 0.2) is 72.8 Å². The van der Waals surface area contributed by atoms with Crippen LogP contribution in [0.5, 0.6) is 5.75 Å². The average molecular weight is 423 g/mol. The monoisotopic (exact) mass is 422 g/mol. The maximum absolute atomic E-state index is 12.1. The minimum atomic E-state index is -0.327. The van der Waals surface area contributed by atoms with Crippen LogP contribution in [-0.2, 0) is 4.79 Å². The molecule has 0 aliphatic rings. The zero-order valence-corrected chi connectivity index (χ0v) is 16.7. The quantitative estimate of drug-likeness (QED) is 0.386. The molecule has 0 heterocycles. The first-order valence-corrected chi connectivity index (χ1v) is 9.46. The van der Waals surface area contributed by atoms with Crippen LogP contribution in [-0.4, -0.2) is 12.5 Å². The van der Waals surface area contributed by atoms with E-state index in [1.165, 1.54) is 0 Å². The maximum Gasteiger partial charge on any atom is 0.262 e. The van der Waals surface area contributed by atoms with E-state index in [1.54, 1.807) is 42.5 Å². The van der Waals surface area contributed by atoms with E-state index >= 15 is 0 Å². The maximum atomic E-state index is 12.1. The topological polar surface area (TPSA) is 62.1 Å². The third-order valence-corrected chi connectivity index (χ3v) is 4.69. The van der Waals surface area contributed by atoms with E-state index in [2.05, 4.69) is 11.4 Å². The van der Waals surface area contributed by atoms with Crippen molar-refractivity contribution in [2.24, 2.45) is 0 Å². The summed E-state index contributed by atoms with van der Waals surface area (Å²) < 4.78 is 5.57. The van der Waals surface area contributed by atoms with Crippen molar-refractivity contribution in [1.82, 2.24) is 0 Å². The zero-order valence-electron chi connectivity index (χ0n) is 15.2. The summed E-state index contributed by atoms with van der Waals surface area (Å²) in [4.78, 5) is 12.1. The Morgan fingerprint density at radius 3 is 2.52 bits per heavy atom. The van der Waals surface area contributed by atoms with Crippen molar-refractivity contribution in [3.05, 3.63) is 94.0 Å². The molecule has 0 unspecified atom stereocenters. The second-order valence-electron chi connectivity index (χ2n) is 6.07. The van der Waals surface area contributed by atoms with Crippen molar-refractivity contribution in [2.45, 2.75) is 0 Å². The van der Waals surface area contributed by atoms with Crippen molar-refractivity contribution >= 4 is 46.4 Å². The van der Waals surface area contributed by atoms with Gasteiger partial charge < -0.3 is 10.1 Å². The van der Waals surface area contributed by atoms with E-state index in [0.29, 0.717) is 27.1 Å². The molecule has 29 heavy (non-hydrogen) atoms. The first-order valence-electron chi connectivity index (χ1n) is 8.70. The molecule has 0 aliphatic heterocycles. The number of rotatable bonds is 6. The molecule has 144 valence electrons. The molecule has 0 aliphatic carbocycles. The van der Waals surface area contributed by atoms with Gasteiger partial charge in [-0.3, -0.25) is 4.79 Å². The number of nitrogens with one attached hydrogen (secondary N) is 1. The smallest absolute Gasteiger partial charge is 0.262 e. The van der Waals surface area contributed by atoms with Gasteiger partial charge in [0.15, 0.2) is 6.61 Å². The van der Waals surface area contributed by atoms with E-state index in [1.807, 2.05) is 36.4 Å². The molecule has 0 fully saturated rings. The lowest BCUT2D eigenvalue weighted by Gasteiger charge is -2.09. The van der Waals surface area contributed by atoms with Crippen LogP contribution in [0.25, 0.3) is 11.6 Å². The van der Waals surface area contributed by atoms with Gasteiger partial charge in [0, 0.05) is 5.69 Å². The van der Waals surface area contributed by atoms with Gasteiger partial charge in [-0.1, -0.05) is 65.7 Å². The van der Waals surface area contributed by atoms with Crippen molar-refractivity contribution in [1.29, 1.82) is 5.26 Å². The molecule has 1 N–H and O–H groups in total. The lowest BCUT2D eigenvalue weighted by Crippen LogP contribution is -2.20. The number of ether oxygens (including phenoxy) is 1. The molecule has 3 aromatic rings. The number of carbonyl (C=O) groups excluding carboxylic acids is 1. The molecule has 0 atom stereocenters. The van der Waals surface area contributed by atoms with E-state index in [-0.39, 0.29) is 12.5 Å². The Bertz CT molecular complexity index is 1090. The number of amides is 1. The van der Waals surface area contributed by atoms with Gasteiger partial charge in [0.25, 0.3) is 5.91 Å². The zero-order chi connectivity index (χ0) is 20.6. The van der Waals surface area contributed by atoms with Gasteiger partial charge in [-0.15, -0.1) is 0 Å². The summed E-state index contributed by atoms with van der Waals surface area (Å²) in [5.41, 5.74) is 2.71. The Balaban J connectivity index is 1.65. The minimum absolute atomic E-state index is 0.169. The van der Waals surface area contributed by atoms with Crippen molar-refractivity contribution in [3.63, 3.8) is 0 Å². The molecule has 0 spiro atoms. The van der Waals surface area contributed by atoms with Crippen LogP contribution in [0.3, 0.4) is 0 Å². The minimum Gasteiger partial charge on any atom is -0.484 e. The first-order chi connectivity index (χ1) is 14.0. The van der Waals surface area contributed by atoms with Gasteiger partial charge in [0.1, 0.15) is 5.75 Å². The highest BCUT2D eigenvalue weighted by Gasteiger charge is 2.07. The second kappa shape index (κ2) is 9.79. The van der Waals surface area contributed by atoms with E-state index in [0.717, 1.165) is 11.1 Å². The summed E-state index contributed by atoms with van der Waals surface area (Å²) in [6.07, 6.45) is 1.78. The molecular weight excluding hydrogens is 407 g/mol. The molecule has 0 bridgehead atoms. The summed E-state index contributed by atoms with van der Waals surface area (Å²) in [6.45, 7) is -0.169. The molecule has 0 aromatic heterocycles. The number of nitrogens with zero attached hydrogens (tertiary/aromatic N) is 1. The number of hydrogen-bond acceptors (Lipinski definition) is 3. The average Bonchev–Trinajstić information content (AvgIpc) is 2.74. The SMILES string of the molecule is N#CC(=Cc1cccc(OCC(=O)Nc2ccc(Cl)c(Cl)c2)c1)c1ccccc1. The number of benzene rings is 3. The number of carbonyl (C=O) groups is 1. The molecule has 3 rings (SSSR count). The fourth-order valence-electron chi connectivity index (χ4n) is 2.58. The summed E-state index contributed by atoms with van der Waals surface area (Å²) in [5, 5.41) is 12.9. The fraction of sp³-hybridized carbons (Fsp3) is 0.0435. The number of halogens is 2. The van der Waals surface area contributed by atoms with Crippen LogP contribution in [0.2, 0.25) is 10.0 Å². The Morgan fingerprint density at radius 1 is 1.00 bits per heavy atom. The Morgan fingerprint density at radius 2 is 1.79 bits per heavy atom. The molecule has 4 nitrogen and oxygen atoms in total. The first kappa shape index (κ1) is 20.5. The fourth-order valence-corrected chi connectivity index (χ4v) is 2.88. The van der Waals surface area contributed by atoms with Crippen molar-refractivity contribution in [2.75, 3.05) is 11.9 Å². The normalized spacial score (nSPS) is 10.9. The molecule has 3 aromatic carbocycles. The molecule has 0 radical (unpaired) electrons. The summed E-state index contributed by atoms with van der Waals surface area (Å²) >= 11 is 11.8. The summed E-state index contributed by atoms with van der Waals surface area (Å²) in [7, 11) is 0. The highest BCUT2D eigenvalue weighted by Crippen LogP contribution is 2.25. The third-order valence-electron chi connectivity index (χ3n) is 3.95. The number of hydrogen-bond donors (Lipinski definition) is 1. The van der Waals surface area contributed by atoms with Crippen LogP contribution in [0.1, 0.15) is 11.1 Å². The molecular formula is C23H16Cl2N2O2. The number of allylic oxidation sites excluding steroid dienone is 1. The van der Waals surface area contributed by atoms with Gasteiger partial charge in [-0.25, -0.2) is 0 Å². The van der Waals surface area contributed by atoms with Crippen molar-refractivity contribution < 1.29 is 9.53 Å². The molecule has 0 saturated heterocycles. The lowest BCUT2D eigenvalue weighted by molar-refractivity contribution is -0.118. The largest absolute Gasteiger partial charge is 0.484 e. The van der Waals surface area contributed by atoms with E-state index in [9.17, 15) is 10.1 Å². The second-order valence-corrected chi connectivity index (χ2v) is 6.89. The third kappa shape index (κ3) is 5.86. The highest BCUT2D eigenvalue weighted by molar-refractivity contribution is 6.42. The lowest BCUT2D eigenvalue weighted by atomic mass is 10.0. The summed E-state index contributed by atoms with van der Waals surface area (Å²) in [6, 6.07) is 23.6. The Labute approximate surface area is 179 Å². The molecule has 6 heteroatoms. The van der Waals surface area contributed by atoms with Gasteiger partial charge >= 0.3 is 0 Å². The van der Waals surface area contributed by atoms with Gasteiger partial charge in [-0.05, 0) is 47.5 Å². The van der Waals surface area contributed by atoms with E-state index < -0.39 is 0 Å². The molecule has 0 saturated carbocycles. The van der Waals surface area contributed by atoms with E-state index in [4.69, 9.17) is 27.9 Å². The number of anilines is 1. The van der Waals surface area contributed by atoms with Gasteiger partial charge in [0.05, 0.1) is 21.7 Å². The summed E-state index contributed by atoms with van der Waals surface area (Å²) in [5.74, 6) is 0.194. The Hall–Kier alpha value is -3.26. The standard InChI is InChI=1S/C23H16Cl2N2O2/c24-21-10-9-19(13-22(21)25)27-23(28)15-29-20-8-4-5-16(12-20)11-18(14-26)17-6-2-1-3-7-17/h1-13H,15H2,(H,27,28). The Kier molecular flexibility index (Phi) is 6.91. The van der Waals surface area contributed by atoms with Crippen LogP contribution in [0.4, 0.5) is 5.69 Å². The number of nitriles is 1. The van der Waals surface area contributed by atoms with Gasteiger partial charge in [-0.2, -0.15) is 5.26 Å². The predicted octanol–water partition coefficient (Wildman–Crippen LogP) is 6.08. The van der Waals surface area contributed by atoms with Crippen LogP contribution in [0, 0.1) is 11.3 Å². The predicted molar refractivity (Wildman–Crippen MR) is 117 cm³/mol.